The van der Waals surface area contributed by atoms with E-state index in [2.05, 4.69) is 6.92 Å². The van der Waals surface area contributed by atoms with Gasteiger partial charge in [-0.05, 0) is 24.9 Å². The maximum Gasteiger partial charge on any atom is 0.316 e. The topological polar surface area (TPSA) is 20.3 Å². The molecule has 60 valence electrons. The molecule has 1 atom stereocenters. The number of amides is 1. The number of nitrogens with zero attached hydrogens (tertiary/aromatic N) is 1. The molecule has 0 saturated carbocycles. The number of rotatable bonds is 3. The van der Waals surface area contributed by atoms with Crippen molar-refractivity contribution < 1.29 is 4.79 Å². The Morgan fingerprint density at radius 3 is 2.50 bits per heavy atom. The van der Waals surface area contributed by atoms with Crippen molar-refractivity contribution in [3.05, 3.63) is 0 Å². The lowest BCUT2D eigenvalue weighted by Gasteiger charge is -2.21. The summed E-state index contributed by atoms with van der Waals surface area (Å²) in [4.78, 5) is 12.1. The molecule has 0 bridgehead atoms. The predicted octanol–water partition coefficient (Wildman–Crippen LogP) is 2.47. The van der Waals surface area contributed by atoms with Crippen molar-refractivity contribution in [2.24, 2.45) is 0 Å². The van der Waals surface area contributed by atoms with Gasteiger partial charge in [-0.25, -0.2) is 0 Å². The molecule has 0 aliphatic heterocycles. The number of halogens is 1. The number of hydrogen-bond acceptors (Lipinski definition) is 1. The summed E-state index contributed by atoms with van der Waals surface area (Å²) < 4.78 is 0. The Morgan fingerprint density at radius 1 is 1.70 bits per heavy atom. The fourth-order valence-corrected chi connectivity index (χ4v) is 0.951. The van der Waals surface area contributed by atoms with Gasteiger partial charge >= 0.3 is 5.37 Å². The highest BCUT2D eigenvalue weighted by Crippen LogP contribution is 2.05. The first-order chi connectivity index (χ1) is 4.59. The molecule has 1 unspecified atom stereocenters. The van der Waals surface area contributed by atoms with Crippen molar-refractivity contribution in [2.45, 2.75) is 32.7 Å². The first-order valence-electron chi connectivity index (χ1n) is 3.51. The van der Waals surface area contributed by atoms with E-state index in [1.807, 2.05) is 6.92 Å². The van der Waals surface area contributed by atoms with Gasteiger partial charge in [0.2, 0.25) is 0 Å². The second kappa shape index (κ2) is 4.56. The maximum atomic E-state index is 10.6. The molecule has 0 heterocycles. The molecule has 0 aromatic heterocycles. The van der Waals surface area contributed by atoms with Gasteiger partial charge in [-0.15, -0.1) is 0 Å². The monoisotopic (exact) mass is 163 g/mol. The first-order valence-corrected chi connectivity index (χ1v) is 3.89. The lowest BCUT2D eigenvalue weighted by Crippen LogP contribution is -2.30. The number of hydrogen-bond donors (Lipinski definition) is 0. The molecule has 0 spiro atoms. The van der Waals surface area contributed by atoms with Crippen LogP contribution in [0.25, 0.3) is 0 Å². The summed E-state index contributed by atoms with van der Waals surface area (Å²) in [5, 5.41) is -0.374. The minimum absolute atomic E-state index is 0.259. The van der Waals surface area contributed by atoms with Gasteiger partial charge in [-0.3, -0.25) is 4.79 Å². The molecule has 0 aromatic rings. The molecule has 0 aromatic carbocycles. The van der Waals surface area contributed by atoms with E-state index in [-0.39, 0.29) is 11.4 Å². The minimum Gasteiger partial charge on any atom is -0.330 e. The Labute approximate surface area is 67.2 Å². The van der Waals surface area contributed by atoms with Crippen LogP contribution in [0.3, 0.4) is 0 Å². The van der Waals surface area contributed by atoms with Gasteiger partial charge in [0, 0.05) is 13.1 Å². The molecule has 0 N–H and O–H groups in total. The van der Waals surface area contributed by atoms with Crippen molar-refractivity contribution in [3.63, 3.8) is 0 Å². The van der Waals surface area contributed by atoms with Crippen molar-refractivity contribution in [1.29, 1.82) is 0 Å². The van der Waals surface area contributed by atoms with Crippen LogP contribution >= 0.6 is 11.6 Å². The summed E-state index contributed by atoms with van der Waals surface area (Å²) in [6.07, 6.45) is 2.09. The lowest BCUT2D eigenvalue weighted by atomic mass is 10.2. The van der Waals surface area contributed by atoms with Crippen LogP contribution in [0.5, 0.6) is 0 Å². The van der Waals surface area contributed by atoms with E-state index in [1.165, 1.54) is 0 Å². The first kappa shape index (κ1) is 9.76. The highest BCUT2D eigenvalue weighted by molar-refractivity contribution is 6.62. The Balaban J connectivity index is 3.69. The lowest BCUT2D eigenvalue weighted by molar-refractivity contribution is 0.215. The summed E-state index contributed by atoms with van der Waals surface area (Å²) in [5.74, 6) is 0. The zero-order chi connectivity index (χ0) is 8.15. The van der Waals surface area contributed by atoms with Crippen LogP contribution in [-0.2, 0) is 0 Å². The summed E-state index contributed by atoms with van der Waals surface area (Å²) in [6, 6.07) is 0.259. The molecule has 10 heavy (non-hydrogen) atoms. The van der Waals surface area contributed by atoms with Crippen LogP contribution in [0, 0.1) is 0 Å². The number of carbonyl (C=O) groups excluding carboxylic acids is 1. The quantitative estimate of drug-likeness (QED) is 0.463. The van der Waals surface area contributed by atoms with E-state index >= 15 is 0 Å². The van der Waals surface area contributed by atoms with Crippen LogP contribution in [0.1, 0.15) is 26.7 Å². The Hall–Kier alpha value is -0.240. The van der Waals surface area contributed by atoms with Crippen molar-refractivity contribution in [3.8, 4) is 0 Å². The van der Waals surface area contributed by atoms with E-state index in [0.29, 0.717) is 0 Å². The summed E-state index contributed by atoms with van der Waals surface area (Å²) in [5.41, 5.74) is 0. The highest BCUT2D eigenvalue weighted by atomic mass is 35.5. The molecule has 0 fully saturated rings. The summed E-state index contributed by atoms with van der Waals surface area (Å²) in [7, 11) is 1.72. The van der Waals surface area contributed by atoms with E-state index < -0.39 is 0 Å². The minimum atomic E-state index is -0.374. The maximum absolute atomic E-state index is 10.6. The molecule has 0 rings (SSSR count). The molecule has 0 aliphatic carbocycles. The van der Waals surface area contributed by atoms with Crippen molar-refractivity contribution in [2.75, 3.05) is 7.05 Å². The van der Waals surface area contributed by atoms with Gasteiger partial charge in [0.1, 0.15) is 0 Å². The molecule has 1 amide bonds. The Morgan fingerprint density at radius 2 is 2.20 bits per heavy atom. The van der Waals surface area contributed by atoms with Crippen molar-refractivity contribution >= 4 is 17.0 Å². The third kappa shape index (κ3) is 3.06. The van der Waals surface area contributed by atoms with Crippen LogP contribution in [0.15, 0.2) is 0 Å². The van der Waals surface area contributed by atoms with E-state index in [0.717, 1.165) is 12.8 Å². The molecule has 2 nitrogen and oxygen atoms in total. The van der Waals surface area contributed by atoms with Gasteiger partial charge in [0.05, 0.1) is 0 Å². The third-order valence-electron chi connectivity index (χ3n) is 1.64. The van der Waals surface area contributed by atoms with E-state index in [4.69, 9.17) is 11.6 Å². The second-order valence-electron chi connectivity index (χ2n) is 2.50. The molecule has 0 saturated heterocycles. The zero-order valence-corrected chi connectivity index (χ0v) is 7.48. The summed E-state index contributed by atoms with van der Waals surface area (Å²) in [6.45, 7) is 4.08. The van der Waals surface area contributed by atoms with Crippen LogP contribution in [0.4, 0.5) is 4.79 Å². The third-order valence-corrected chi connectivity index (χ3v) is 1.91. The standard InChI is InChI=1S/C7H14ClNO/c1-4-5-6(2)9(3)7(8)10/h6H,4-5H2,1-3H3. The van der Waals surface area contributed by atoms with Crippen molar-refractivity contribution in [1.82, 2.24) is 4.90 Å². The fourth-order valence-electron chi connectivity index (χ4n) is 0.785. The summed E-state index contributed by atoms with van der Waals surface area (Å²) >= 11 is 5.25. The predicted molar refractivity (Wildman–Crippen MR) is 43.4 cm³/mol. The Bertz CT molecular complexity index is 116. The van der Waals surface area contributed by atoms with Crippen LogP contribution < -0.4 is 0 Å². The highest BCUT2D eigenvalue weighted by Gasteiger charge is 2.11. The second-order valence-corrected chi connectivity index (χ2v) is 2.82. The molecule has 0 radical (unpaired) electrons. The van der Waals surface area contributed by atoms with Gasteiger partial charge in [-0.2, -0.15) is 0 Å². The van der Waals surface area contributed by atoms with E-state index in [9.17, 15) is 4.79 Å². The smallest absolute Gasteiger partial charge is 0.316 e. The molecular weight excluding hydrogens is 150 g/mol. The average molecular weight is 164 g/mol. The van der Waals surface area contributed by atoms with Gasteiger partial charge < -0.3 is 4.90 Å². The zero-order valence-electron chi connectivity index (χ0n) is 6.72. The molecular formula is C7H14ClNO. The van der Waals surface area contributed by atoms with E-state index in [1.54, 1.807) is 11.9 Å². The van der Waals surface area contributed by atoms with Crippen LogP contribution in [0.2, 0.25) is 0 Å². The molecule has 3 heteroatoms. The molecule has 0 aliphatic rings. The normalized spacial score (nSPS) is 12.8. The number of carbonyl (C=O) groups is 1. The average Bonchev–Trinajstić information content (AvgIpc) is 1.87. The van der Waals surface area contributed by atoms with Gasteiger partial charge in [0.25, 0.3) is 0 Å². The fraction of sp³-hybridized carbons (Fsp3) is 0.857. The van der Waals surface area contributed by atoms with Gasteiger partial charge in [0.15, 0.2) is 0 Å². The largest absolute Gasteiger partial charge is 0.330 e. The SMILES string of the molecule is CCCC(C)N(C)C(=O)Cl. The van der Waals surface area contributed by atoms with Crippen LogP contribution in [-0.4, -0.2) is 23.4 Å². The Kier molecular flexibility index (Phi) is 4.45. The van der Waals surface area contributed by atoms with Gasteiger partial charge in [-0.1, -0.05) is 13.3 Å².